The zero-order valence-electron chi connectivity index (χ0n) is 12.8. The van der Waals surface area contributed by atoms with Crippen LogP contribution in [0.1, 0.15) is 16.1 Å². The second-order valence-corrected chi connectivity index (χ2v) is 5.80. The van der Waals surface area contributed by atoms with Gasteiger partial charge in [0.05, 0.1) is 21.2 Å². The molecule has 1 amide bonds. The molecule has 0 aliphatic rings. The van der Waals surface area contributed by atoms with Crippen molar-refractivity contribution in [3.05, 3.63) is 66.9 Å². The van der Waals surface area contributed by atoms with Crippen LogP contribution in [0.2, 0.25) is 15.2 Å². The number of allylic oxidation sites excluding steroid dienone is 1. The van der Waals surface area contributed by atoms with Crippen LogP contribution in [0.15, 0.2) is 35.4 Å². The van der Waals surface area contributed by atoms with E-state index in [2.05, 4.69) is 15.5 Å². The summed E-state index contributed by atoms with van der Waals surface area (Å²) in [7, 11) is 0. The normalized spacial score (nSPS) is 11.2. The van der Waals surface area contributed by atoms with Gasteiger partial charge in [0, 0.05) is 12.3 Å². The molecule has 0 radical (unpaired) electrons. The summed E-state index contributed by atoms with van der Waals surface area (Å²) < 4.78 is 0. The zero-order chi connectivity index (χ0) is 19.3. The third kappa shape index (κ3) is 4.48. The van der Waals surface area contributed by atoms with Crippen LogP contribution >= 0.6 is 34.8 Å². The van der Waals surface area contributed by atoms with E-state index in [1.165, 1.54) is 24.4 Å². The fraction of sp³-hybridized carbons (Fsp3) is 0. The second kappa shape index (κ2) is 8.61. The minimum Gasteiger partial charge on any atom is -0.396 e. The maximum Gasteiger partial charge on any atom is 0.291 e. The Morgan fingerprint density at radius 3 is 2.65 bits per heavy atom. The molecular formula is C15H10Cl3N5O3. The van der Waals surface area contributed by atoms with Crippen LogP contribution < -0.4 is 11.2 Å². The molecule has 1 aromatic heterocycles. The number of pyridine rings is 1. The number of hydrazone groups is 1. The largest absolute Gasteiger partial charge is 0.396 e. The molecule has 26 heavy (non-hydrogen) atoms. The molecule has 0 aliphatic carbocycles. The molecule has 1 aromatic carbocycles. The van der Waals surface area contributed by atoms with Crippen molar-refractivity contribution in [3.8, 4) is 0 Å². The molecule has 0 atom stereocenters. The molecule has 2 rings (SSSR count). The lowest BCUT2D eigenvalue weighted by Crippen LogP contribution is -2.20. The number of amides is 1. The van der Waals surface area contributed by atoms with Gasteiger partial charge in [0.2, 0.25) is 0 Å². The van der Waals surface area contributed by atoms with Gasteiger partial charge >= 0.3 is 0 Å². The number of anilines is 1. The number of carbonyl (C=O) groups is 1. The standard InChI is InChI=1S/C15H10Cl3N5O3/c16-10-12(19)11(17)14(18)21-13(10)15(24)22-20-7-3-5-8-4-1-2-6-9(8)23(25)26/h1-7H,(H2,19,21)(H,22,24)/b5-3+,20-7-. The third-order valence-corrected chi connectivity index (χ3v) is 4.16. The molecule has 3 N–H and O–H groups in total. The van der Waals surface area contributed by atoms with Crippen LogP contribution in [-0.4, -0.2) is 22.0 Å². The van der Waals surface area contributed by atoms with Gasteiger partial charge in [-0.05, 0) is 18.2 Å². The number of rotatable bonds is 5. The number of carbonyl (C=O) groups excluding carboxylic acids is 1. The summed E-state index contributed by atoms with van der Waals surface area (Å²) in [6.45, 7) is 0. The lowest BCUT2D eigenvalue weighted by atomic mass is 10.2. The van der Waals surface area contributed by atoms with Crippen molar-refractivity contribution in [3.63, 3.8) is 0 Å². The van der Waals surface area contributed by atoms with E-state index in [1.54, 1.807) is 18.2 Å². The average molecular weight is 415 g/mol. The van der Waals surface area contributed by atoms with Crippen molar-refractivity contribution in [1.82, 2.24) is 10.4 Å². The highest BCUT2D eigenvalue weighted by Gasteiger charge is 2.19. The smallest absolute Gasteiger partial charge is 0.291 e. The van der Waals surface area contributed by atoms with Crippen molar-refractivity contribution in [2.75, 3.05) is 5.73 Å². The fourth-order valence-electron chi connectivity index (χ4n) is 1.82. The molecule has 0 fully saturated rings. The second-order valence-electron chi connectivity index (χ2n) is 4.69. The Balaban J connectivity index is 2.08. The highest BCUT2D eigenvalue weighted by atomic mass is 35.5. The number of benzene rings is 1. The third-order valence-electron chi connectivity index (χ3n) is 3.02. The molecule has 0 spiro atoms. The highest BCUT2D eigenvalue weighted by Crippen LogP contribution is 2.34. The number of nitrogens with one attached hydrogen (secondary N) is 1. The van der Waals surface area contributed by atoms with E-state index in [0.717, 1.165) is 0 Å². The number of hydrogen-bond donors (Lipinski definition) is 2. The Morgan fingerprint density at radius 2 is 1.96 bits per heavy atom. The van der Waals surface area contributed by atoms with Crippen LogP contribution in [0.5, 0.6) is 0 Å². The first-order valence-electron chi connectivity index (χ1n) is 6.86. The van der Waals surface area contributed by atoms with E-state index in [1.807, 2.05) is 0 Å². The molecule has 134 valence electrons. The van der Waals surface area contributed by atoms with E-state index in [-0.39, 0.29) is 32.3 Å². The average Bonchev–Trinajstić information content (AvgIpc) is 2.62. The van der Waals surface area contributed by atoms with Crippen LogP contribution in [0.3, 0.4) is 0 Å². The SMILES string of the molecule is Nc1c(Cl)c(Cl)nc(C(=O)N/N=C\C=C\c2ccccc2[N+](=O)[O-])c1Cl. The first kappa shape index (κ1) is 19.6. The number of halogens is 3. The van der Waals surface area contributed by atoms with Gasteiger partial charge in [0.1, 0.15) is 5.02 Å². The fourth-order valence-corrected chi connectivity index (χ4v) is 2.41. The Hall–Kier alpha value is -2.68. The van der Waals surface area contributed by atoms with Gasteiger partial charge in [0.15, 0.2) is 10.8 Å². The van der Waals surface area contributed by atoms with Crippen molar-refractivity contribution in [2.45, 2.75) is 0 Å². The van der Waals surface area contributed by atoms with E-state index in [0.29, 0.717) is 5.56 Å². The van der Waals surface area contributed by atoms with Crippen LogP contribution in [0.4, 0.5) is 11.4 Å². The van der Waals surface area contributed by atoms with Crippen molar-refractivity contribution in [2.24, 2.45) is 5.10 Å². The van der Waals surface area contributed by atoms with Gasteiger partial charge in [-0.2, -0.15) is 5.10 Å². The Kier molecular flexibility index (Phi) is 6.51. The number of nitro benzene ring substituents is 1. The molecule has 0 bridgehead atoms. The highest BCUT2D eigenvalue weighted by molar-refractivity contribution is 6.46. The van der Waals surface area contributed by atoms with Gasteiger partial charge < -0.3 is 5.73 Å². The summed E-state index contributed by atoms with van der Waals surface area (Å²) in [5.41, 5.74) is 7.83. The van der Waals surface area contributed by atoms with Gasteiger partial charge in [0.25, 0.3) is 11.6 Å². The molecule has 11 heteroatoms. The van der Waals surface area contributed by atoms with Crippen molar-refractivity contribution in [1.29, 1.82) is 0 Å². The van der Waals surface area contributed by atoms with Gasteiger partial charge in [-0.3, -0.25) is 14.9 Å². The summed E-state index contributed by atoms with van der Waals surface area (Å²) in [5.74, 6) is -0.754. The predicted octanol–water partition coefficient (Wildman–Crippen LogP) is 3.96. The quantitative estimate of drug-likeness (QED) is 0.332. The first-order chi connectivity index (χ1) is 12.3. The maximum absolute atomic E-state index is 12.0. The number of nitrogen functional groups attached to an aromatic ring is 1. The number of nitrogens with zero attached hydrogens (tertiary/aromatic N) is 3. The number of nitrogens with two attached hydrogens (primary N) is 1. The van der Waals surface area contributed by atoms with E-state index >= 15 is 0 Å². The predicted molar refractivity (Wildman–Crippen MR) is 102 cm³/mol. The number of para-hydroxylation sites is 1. The van der Waals surface area contributed by atoms with Crippen LogP contribution in [0, 0.1) is 10.1 Å². The minimum atomic E-state index is -0.754. The molecule has 0 unspecified atom stereocenters. The first-order valence-corrected chi connectivity index (χ1v) is 7.99. The van der Waals surface area contributed by atoms with Crippen molar-refractivity contribution < 1.29 is 9.72 Å². The van der Waals surface area contributed by atoms with E-state index in [9.17, 15) is 14.9 Å². The minimum absolute atomic E-state index is 0.0518. The molecule has 0 saturated carbocycles. The lowest BCUT2D eigenvalue weighted by Gasteiger charge is -2.07. The zero-order valence-corrected chi connectivity index (χ0v) is 15.1. The van der Waals surface area contributed by atoms with E-state index < -0.39 is 10.8 Å². The summed E-state index contributed by atoms with van der Waals surface area (Å²) in [6, 6.07) is 6.17. The van der Waals surface area contributed by atoms with Crippen LogP contribution in [0.25, 0.3) is 6.08 Å². The Labute approximate surface area is 162 Å². The van der Waals surface area contributed by atoms with Gasteiger partial charge in [-0.25, -0.2) is 10.4 Å². The van der Waals surface area contributed by atoms with Gasteiger partial charge in [-0.15, -0.1) is 0 Å². The molecular weight excluding hydrogens is 405 g/mol. The number of nitro groups is 1. The maximum atomic E-state index is 12.0. The van der Waals surface area contributed by atoms with Crippen molar-refractivity contribution >= 4 is 64.4 Å². The Morgan fingerprint density at radius 1 is 1.27 bits per heavy atom. The number of hydrogen-bond acceptors (Lipinski definition) is 6. The summed E-state index contributed by atoms with van der Waals surface area (Å²) in [4.78, 5) is 26.2. The summed E-state index contributed by atoms with van der Waals surface area (Å²) >= 11 is 17.4. The molecule has 8 nitrogen and oxygen atoms in total. The Bertz CT molecular complexity index is 931. The molecule has 0 aliphatic heterocycles. The summed E-state index contributed by atoms with van der Waals surface area (Å²) in [5, 5.41) is 14.2. The van der Waals surface area contributed by atoms with E-state index in [4.69, 9.17) is 40.5 Å². The summed E-state index contributed by atoms with van der Waals surface area (Å²) in [6.07, 6.45) is 4.11. The molecule has 2 aromatic rings. The molecule has 0 saturated heterocycles. The van der Waals surface area contributed by atoms with Crippen LogP contribution in [-0.2, 0) is 0 Å². The topological polar surface area (TPSA) is 124 Å². The van der Waals surface area contributed by atoms with Gasteiger partial charge in [-0.1, -0.05) is 46.9 Å². The number of aromatic nitrogens is 1. The lowest BCUT2D eigenvalue weighted by molar-refractivity contribution is -0.385. The molecule has 1 heterocycles. The monoisotopic (exact) mass is 413 g/mol.